The van der Waals surface area contributed by atoms with Crippen molar-refractivity contribution in [1.82, 2.24) is 5.32 Å². The highest BCUT2D eigenvalue weighted by molar-refractivity contribution is 9.10. The largest absolute Gasteiger partial charge is 0.456 e. The number of ether oxygens (including phenoxy) is 1. The fourth-order valence-corrected chi connectivity index (χ4v) is 3.66. The number of amides is 1. The lowest BCUT2D eigenvalue weighted by Crippen LogP contribution is -2.17. The molecule has 116 valence electrons. The Labute approximate surface area is 159 Å². The molecule has 0 atom stereocenters. The Balaban J connectivity index is 1.99. The van der Waals surface area contributed by atoms with E-state index in [1.165, 1.54) is 11.8 Å². The van der Waals surface area contributed by atoms with Gasteiger partial charge < -0.3 is 10.1 Å². The number of para-hydroxylation sites is 1. The fourth-order valence-electron chi connectivity index (χ4n) is 1.92. The maximum Gasteiger partial charge on any atom is 0.263 e. The SMILES string of the molecule is O=C1NC(=S)S/C1=C/c1ccc(Br)cc1Oc1ccccc1Br. The van der Waals surface area contributed by atoms with Gasteiger partial charge in [-0.25, -0.2) is 0 Å². The molecule has 7 heteroatoms. The third kappa shape index (κ3) is 4.03. The summed E-state index contributed by atoms with van der Waals surface area (Å²) < 4.78 is 8.21. The first-order valence-electron chi connectivity index (χ1n) is 6.50. The van der Waals surface area contributed by atoms with Crippen LogP contribution in [0.4, 0.5) is 0 Å². The maximum absolute atomic E-state index is 11.8. The topological polar surface area (TPSA) is 38.3 Å². The highest BCUT2D eigenvalue weighted by Gasteiger charge is 2.22. The van der Waals surface area contributed by atoms with Crippen LogP contribution in [-0.2, 0) is 4.79 Å². The fraction of sp³-hybridized carbons (Fsp3) is 0. The van der Waals surface area contributed by atoms with Gasteiger partial charge in [0.2, 0.25) is 0 Å². The van der Waals surface area contributed by atoms with E-state index in [1.807, 2.05) is 42.5 Å². The van der Waals surface area contributed by atoms with Crippen molar-refractivity contribution in [2.75, 3.05) is 0 Å². The van der Waals surface area contributed by atoms with Gasteiger partial charge in [0.15, 0.2) is 0 Å². The predicted octanol–water partition coefficient (Wildman–Crippen LogP) is 5.49. The quantitative estimate of drug-likeness (QED) is 0.475. The van der Waals surface area contributed by atoms with Gasteiger partial charge in [0, 0.05) is 10.0 Å². The van der Waals surface area contributed by atoms with E-state index < -0.39 is 0 Å². The zero-order valence-corrected chi connectivity index (χ0v) is 16.3. The number of hydrogen-bond donors (Lipinski definition) is 1. The molecular formula is C16H9Br2NO2S2. The van der Waals surface area contributed by atoms with Crippen molar-refractivity contribution in [1.29, 1.82) is 0 Å². The first-order chi connectivity index (χ1) is 11.0. The van der Waals surface area contributed by atoms with Gasteiger partial charge in [-0.15, -0.1) is 0 Å². The molecule has 1 aliphatic heterocycles. The molecule has 23 heavy (non-hydrogen) atoms. The Hall–Kier alpha value is -1.15. The lowest BCUT2D eigenvalue weighted by Gasteiger charge is -2.11. The average molecular weight is 471 g/mol. The minimum absolute atomic E-state index is 0.185. The molecule has 3 rings (SSSR count). The van der Waals surface area contributed by atoms with Gasteiger partial charge >= 0.3 is 0 Å². The molecule has 1 heterocycles. The van der Waals surface area contributed by atoms with E-state index in [4.69, 9.17) is 17.0 Å². The summed E-state index contributed by atoms with van der Waals surface area (Å²) in [6.45, 7) is 0. The first-order valence-corrected chi connectivity index (χ1v) is 9.31. The highest BCUT2D eigenvalue weighted by Crippen LogP contribution is 2.35. The van der Waals surface area contributed by atoms with Gasteiger partial charge in [0.05, 0.1) is 9.38 Å². The molecular weight excluding hydrogens is 462 g/mol. The van der Waals surface area contributed by atoms with Crippen LogP contribution >= 0.6 is 55.8 Å². The number of halogens is 2. The lowest BCUT2D eigenvalue weighted by molar-refractivity contribution is -0.115. The number of thiocarbonyl (C=S) groups is 1. The standard InChI is InChI=1S/C16H9Br2NO2S2/c17-10-6-5-9(7-14-15(20)19-16(22)23-14)13(8-10)21-12-4-2-1-3-11(12)18/h1-8H,(H,19,20,22)/b14-7+. The zero-order valence-electron chi connectivity index (χ0n) is 11.5. The van der Waals surface area contributed by atoms with Crippen molar-refractivity contribution in [2.24, 2.45) is 0 Å². The highest BCUT2D eigenvalue weighted by atomic mass is 79.9. The number of carbonyl (C=O) groups excluding carboxylic acids is 1. The van der Waals surface area contributed by atoms with Crippen LogP contribution in [0.3, 0.4) is 0 Å². The molecule has 0 bridgehead atoms. The first kappa shape index (κ1) is 16.7. The Morgan fingerprint density at radius 3 is 2.61 bits per heavy atom. The third-order valence-electron chi connectivity index (χ3n) is 2.96. The second-order valence-electron chi connectivity index (χ2n) is 4.57. The van der Waals surface area contributed by atoms with Crippen LogP contribution < -0.4 is 10.1 Å². The molecule has 0 unspecified atom stereocenters. The summed E-state index contributed by atoms with van der Waals surface area (Å²) in [4.78, 5) is 12.4. The molecule has 1 saturated heterocycles. The summed E-state index contributed by atoms with van der Waals surface area (Å²) in [6.07, 6.45) is 1.78. The number of thioether (sulfide) groups is 1. The Morgan fingerprint density at radius 1 is 1.13 bits per heavy atom. The van der Waals surface area contributed by atoms with E-state index in [2.05, 4.69) is 37.2 Å². The summed E-state index contributed by atoms with van der Waals surface area (Å²) in [7, 11) is 0. The van der Waals surface area contributed by atoms with Crippen LogP contribution in [0.1, 0.15) is 5.56 Å². The summed E-state index contributed by atoms with van der Waals surface area (Å²) >= 11 is 13.2. The summed E-state index contributed by atoms with van der Waals surface area (Å²) in [5.41, 5.74) is 0.798. The van der Waals surface area contributed by atoms with Crippen molar-refractivity contribution in [3.8, 4) is 11.5 Å². The van der Waals surface area contributed by atoms with Crippen LogP contribution in [0, 0.1) is 0 Å². The van der Waals surface area contributed by atoms with Gasteiger partial charge in [-0.1, -0.05) is 58.1 Å². The minimum Gasteiger partial charge on any atom is -0.456 e. The summed E-state index contributed by atoms with van der Waals surface area (Å²) in [5, 5.41) is 2.61. The number of hydrogen-bond acceptors (Lipinski definition) is 4. The van der Waals surface area contributed by atoms with Crippen LogP contribution in [0.25, 0.3) is 6.08 Å². The Bertz CT molecular complexity index is 837. The molecule has 1 fully saturated rings. The molecule has 1 amide bonds. The number of benzene rings is 2. The molecule has 0 spiro atoms. The second kappa shape index (κ2) is 7.17. The third-order valence-corrected chi connectivity index (χ3v) is 5.27. The molecule has 0 aromatic heterocycles. The van der Waals surface area contributed by atoms with Crippen molar-refractivity contribution in [2.45, 2.75) is 0 Å². The molecule has 1 N–H and O–H groups in total. The molecule has 3 nitrogen and oxygen atoms in total. The molecule has 0 aliphatic carbocycles. The monoisotopic (exact) mass is 469 g/mol. The number of rotatable bonds is 3. The summed E-state index contributed by atoms with van der Waals surface area (Å²) in [6, 6.07) is 13.2. The van der Waals surface area contributed by atoms with E-state index in [0.29, 0.717) is 20.7 Å². The molecule has 2 aromatic carbocycles. The Morgan fingerprint density at radius 2 is 1.91 bits per heavy atom. The van der Waals surface area contributed by atoms with Crippen LogP contribution in [0.5, 0.6) is 11.5 Å². The van der Waals surface area contributed by atoms with Crippen LogP contribution in [0.2, 0.25) is 0 Å². The van der Waals surface area contributed by atoms with E-state index in [-0.39, 0.29) is 5.91 Å². The predicted molar refractivity (Wildman–Crippen MR) is 105 cm³/mol. The number of nitrogens with one attached hydrogen (secondary N) is 1. The van der Waals surface area contributed by atoms with Crippen LogP contribution in [-0.4, -0.2) is 10.2 Å². The molecule has 1 aliphatic rings. The average Bonchev–Trinajstić information content (AvgIpc) is 2.82. The number of carbonyl (C=O) groups is 1. The van der Waals surface area contributed by atoms with Gasteiger partial charge in [0.1, 0.15) is 15.8 Å². The van der Waals surface area contributed by atoms with E-state index in [1.54, 1.807) is 6.08 Å². The summed E-state index contributed by atoms with van der Waals surface area (Å²) in [5.74, 6) is 1.16. The van der Waals surface area contributed by atoms with Gasteiger partial charge in [-0.2, -0.15) is 0 Å². The van der Waals surface area contributed by atoms with Gasteiger partial charge in [-0.05, 0) is 46.3 Å². The van der Waals surface area contributed by atoms with E-state index in [0.717, 1.165) is 14.5 Å². The smallest absolute Gasteiger partial charge is 0.263 e. The van der Waals surface area contributed by atoms with Crippen molar-refractivity contribution in [3.63, 3.8) is 0 Å². The maximum atomic E-state index is 11.8. The lowest BCUT2D eigenvalue weighted by atomic mass is 10.2. The van der Waals surface area contributed by atoms with Crippen LogP contribution in [0.15, 0.2) is 56.3 Å². The van der Waals surface area contributed by atoms with E-state index in [9.17, 15) is 4.79 Å². The molecule has 2 aromatic rings. The normalized spacial score (nSPS) is 15.8. The van der Waals surface area contributed by atoms with E-state index >= 15 is 0 Å². The molecule has 0 radical (unpaired) electrons. The Kier molecular flexibility index (Phi) is 5.21. The van der Waals surface area contributed by atoms with Crippen molar-refractivity contribution < 1.29 is 9.53 Å². The van der Waals surface area contributed by atoms with Gasteiger partial charge in [-0.3, -0.25) is 4.79 Å². The van der Waals surface area contributed by atoms with Crippen molar-refractivity contribution in [3.05, 3.63) is 61.9 Å². The molecule has 0 saturated carbocycles. The second-order valence-corrected chi connectivity index (χ2v) is 8.06. The zero-order chi connectivity index (χ0) is 16.4. The minimum atomic E-state index is -0.185. The van der Waals surface area contributed by atoms with Crippen molar-refractivity contribution >= 4 is 72.1 Å². The van der Waals surface area contributed by atoms with Gasteiger partial charge in [0.25, 0.3) is 5.91 Å².